The van der Waals surface area contributed by atoms with Gasteiger partial charge in [0.15, 0.2) is 0 Å². The molecule has 0 aromatic heterocycles. The first-order chi connectivity index (χ1) is 3.25. The maximum Gasteiger partial charge on any atom is 0.411 e. The largest absolute Gasteiger partial charge is 0.411 e. The fourth-order valence-electron chi connectivity index (χ4n) is 0. The van der Waals surface area contributed by atoms with Crippen LogP contribution in [0.5, 0.6) is 0 Å². The molecule has 0 saturated carbocycles. The molecule has 0 atom stereocenters. The van der Waals surface area contributed by atoms with Crippen LogP contribution in [0.15, 0.2) is 0 Å². The van der Waals surface area contributed by atoms with Gasteiger partial charge in [0.1, 0.15) is 6.56 Å². The van der Waals surface area contributed by atoms with Gasteiger partial charge in [0.25, 0.3) is 0 Å². The Morgan fingerprint density at radius 2 is 1.83 bits per heavy atom. The van der Waals surface area contributed by atoms with Crippen LogP contribution in [0.2, 0.25) is 0 Å². The van der Waals surface area contributed by atoms with E-state index < -0.39 is 12.7 Å². The molecule has 1 N–H and O–H groups in total. The first kappa shape index (κ1) is 2.85. The maximum absolute atomic E-state index is 10.9. The Morgan fingerprint density at radius 1 is 1.67 bits per heavy atom. The number of aliphatic hydroxyl groups is 1. The summed E-state index contributed by atoms with van der Waals surface area (Å²) in [5.41, 5.74) is 0. The average molecular weight is 102 g/mol. The van der Waals surface area contributed by atoms with Crippen LogP contribution < -0.4 is 0 Å². The van der Waals surface area contributed by atoms with E-state index in [2.05, 4.69) is 0 Å². The van der Waals surface area contributed by atoms with Crippen molar-refractivity contribution in [3.8, 4) is 0 Å². The quantitative estimate of drug-likeness (QED) is 0.473. The van der Waals surface area contributed by atoms with Gasteiger partial charge in [-0.05, 0) is 0 Å². The van der Waals surface area contributed by atoms with E-state index in [0.717, 1.165) is 0 Å². The zero-order chi connectivity index (χ0) is 7.00. The molecule has 0 amide bonds. The van der Waals surface area contributed by atoms with Crippen LogP contribution in [0, 0.1) is 0 Å². The monoisotopic (exact) mass is 102 g/mol. The third-order valence-corrected chi connectivity index (χ3v) is 0.127. The van der Waals surface area contributed by atoms with Crippen molar-refractivity contribution in [2.75, 3.05) is 6.56 Å². The fourth-order valence-corrected chi connectivity index (χ4v) is 0. The fraction of sp³-hybridized carbons (Fsp3) is 1.00. The molecule has 0 radical (unpaired) electrons. The summed E-state index contributed by atoms with van der Waals surface area (Å²) in [6.45, 7) is -4.06. The zero-order valence-electron chi connectivity index (χ0n) is 4.58. The minimum absolute atomic E-state index is 4.06. The molecule has 0 fully saturated rings. The molecule has 0 bridgehead atoms. The van der Waals surface area contributed by atoms with Crippen LogP contribution in [0.3, 0.4) is 0 Å². The van der Waals surface area contributed by atoms with E-state index in [9.17, 15) is 13.2 Å². The summed E-state index contributed by atoms with van der Waals surface area (Å²) in [7, 11) is 0. The zero-order valence-corrected chi connectivity index (χ0v) is 2.58. The van der Waals surface area contributed by atoms with Gasteiger partial charge >= 0.3 is 6.18 Å². The SMILES string of the molecule is [2H]C([2H])(O)C(F)(F)F. The molecule has 0 aromatic carbocycles. The van der Waals surface area contributed by atoms with E-state index in [1.54, 1.807) is 0 Å². The second kappa shape index (κ2) is 1.47. The second-order valence-electron chi connectivity index (χ2n) is 0.610. The van der Waals surface area contributed by atoms with Gasteiger partial charge in [0.2, 0.25) is 0 Å². The first-order valence-electron chi connectivity index (χ1n) is 2.04. The molecule has 6 heavy (non-hydrogen) atoms. The standard InChI is InChI=1S/C2H3F3O/c3-2(4,5)1-6/h6H,1H2/i1D2. The molecule has 0 spiro atoms. The van der Waals surface area contributed by atoms with Gasteiger partial charge in [0, 0.05) is 0 Å². The molecule has 0 aromatic rings. The van der Waals surface area contributed by atoms with Crippen LogP contribution in [0.4, 0.5) is 13.2 Å². The van der Waals surface area contributed by atoms with Gasteiger partial charge in [-0.15, -0.1) is 0 Å². The van der Waals surface area contributed by atoms with E-state index in [0.29, 0.717) is 0 Å². The molecule has 0 aliphatic heterocycles. The summed E-state index contributed by atoms with van der Waals surface area (Å²) in [6.07, 6.45) is -5.17. The topological polar surface area (TPSA) is 20.2 Å². The highest BCUT2D eigenvalue weighted by Crippen LogP contribution is 2.11. The molecule has 1 nitrogen and oxygen atoms in total. The summed E-state index contributed by atoms with van der Waals surface area (Å²) >= 11 is 0. The van der Waals surface area contributed by atoms with Crippen molar-refractivity contribution >= 4 is 0 Å². The van der Waals surface area contributed by atoms with Crippen molar-refractivity contribution in [3.05, 3.63) is 0 Å². The predicted molar refractivity (Wildman–Crippen MR) is 13.1 cm³/mol. The van der Waals surface area contributed by atoms with Crippen LogP contribution in [0.1, 0.15) is 2.74 Å². The molecule has 38 valence electrons. The molecule has 0 aliphatic carbocycles. The normalized spacial score (nSPS) is 19.3. The molecule has 0 heterocycles. The Balaban J connectivity index is 4.02. The first-order valence-corrected chi connectivity index (χ1v) is 1.04. The highest BCUT2D eigenvalue weighted by molar-refractivity contribution is 4.39. The minimum Gasteiger partial charge on any atom is -0.387 e. The number of hydrogen-bond donors (Lipinski definition) is 1. The van der Waals surface area contributed by atoms with Crippen molar-refractivity contribution in [1.29, 1.82) is 0 Å². The Kier molecular flexibility index (Phi) is 0.696. The molecule has 0 rings (SSSR count). The van der Waals surface area contributed by atoms with Crippen molar-refractivity contribution in [3.63, 3.8) is 0 Å². The summed E-state index contributed by atoms with van der Waals surface area (Å²) in [5.74, 6) is 0. The lowest BCUT2D eigenvalue weighted by Crippen LogP contribution is -2.12. The Hall–Kier alpha value is -0.250. The van der Waals surface area contributed by atoms with Crippen molar-refractivity contribution in [2.45, 2.75) is 6.18 Å². The van der Waals surface area contributed by atoms with Gasteiger partial charge < -0.3 is 5.11 Å². The summed E-state index contributed by atoms with van der Waals surface area (Å²) in [5, 5.41) is 7.56. The molecule has 0 saturated heterocycles. The number of hydrogen-bond acceptors (Lipinski definition) is 1. The Bertz CT molecular complexity index is 70.3. The molecule has 0 aliphatic rings. The maximum atomic E-state index is 10.9. The van der Waals surface area contributed by atoms with Crippen LogP contribution in [0.25, 0.3) is 0 Å². The lowest BCUT2D eigenvalue weighted by Gasteiger charge is -1.95. The van der Waals surface area contributed by atoms with E-state index in [1.807, 2.05) is 0 Å². The lowest BCUT2D eigenvalue weighted by molar-refractivity contribution is -0.159. The second-order valence-corrected chi connectivity index (χ2v) is 0.610. The highest BCUT2D eigenvalue weighted by atomic mass is 19.4. The minimum atomic E-state index is -5.17. The van der Waals surface area contributed by atoms with Crippen LogP contribution in [-0.4, -0.2) is 17.8 Å². The van der Waals surface area contributed by atoms with E-state index in [4.69, 9.17) is 7.85 Å². The molecule has 0 unspecified atom stereocenters. The van der Waals surface area contributed by atoms with Gasteiger partial charge in [-0.1, -0.05) is 0 Å². The van der Waals surface area contributed by atoms with E-state index in [1.165, 1.54) is 0 Å². The van der Waals surface area contributed by atoms with E-state index in [-0.39, 0.29) is 0 Å². The average Bonchev–Trinajstić information content (AvgIpc) is 1.25. The summed E-state index contributed by atoms with van der Waals surface area (Å²) in [4.78, 5) is 0. The molecule has 4 heteroatoms. The number of alkyl halides is 3. The summed E-state index contributed by atoms with van der Waals surface area (Å²) in [6, 6.07) is 0. The van der Waals surface area contributed by atoms with Crippen molar-refractivity contribution in [1.82, 2.24) is 0 Å². The molecular weight excluding hydrogens is 97.0 g/mol. The van der Waals surface area contributed by atoms with Crippen molar-refractivity contribution < 1.29 is 21.0 Å². The highest BCUT2D eigenvalue weighted by Gasteiger charge is 2.24. The van der Waals surface area contributed by atoms with Crippen LogP contribution >= 0.6 is 0 Å². The Labute approximate surface area is 35.2 Å². The predicted octanol–water partition coefficient (Wildman–Crippen LogP) is 0.541. The number of halogens is 3. The Morgan fingerprint density at radius 3 is 1.83 bits per heavy atom. The third kappa shape index (κ3) is 3.75. The van der Waals surface area contributed by atoms with Crippen LogP contribution in [-0.2, 0) is 0 Å². The van der Waals surface area contributed by atoms with Gasteiger partial charge in [-0.25, -0.2) is 0 Å². The smallest absolute Gasteiger partial charge is 0.387 e. The van der Waals surface area contributed by atoms with E-state index >= 15 is 0 Å². The number of rotatable bonds is 0. The summed E-state index contributed by atoms with van der Waals surface area (Å²) < 4.78 is 44.2. The molecular formula is C2H3F3O. The van der Waals surface area contributed by atoms with Gasteiger partial charge in [-0.2, -0.15) is 13.2 Å². The lowest BCUT2D eigenvalue weighted by atomic mass is 10.7. The van der Waals surface area contributed by atoms with Gasteiger partial charge in [-0.3, -0.25) is 0 Å². The van der Waals surface area contributed by atoms with Gasteiger partial charge in [0.05, 0.1) is 2.74 Å². The third-order valence-electron chi connectivity index (χ3n) is 0.127. The van der Waals surface area contributed by atoms with Crippen molar-refractivity contribution in [2.24, 2.45) is 0 Å².